The molecule has 1 atom stereocenters. The summed E-state index contributed by atoms with van der Waals surface area (Å²) < 4.78 is 0. The molecule has 0 saturated carbocycles. The highest BCUT2D eigenvalue weighted by Gasteiger charge is 2.25. The maximum absolute atomic E-state index is 9.13. The predicted molar refractivity (Wildman–Crippen MR) is 53.9 cm³/mol. The van der Waals surface area contributed by atoms with E-state index >= 15 is 0 Å². The standard InChI is InChI=1S/C9H14N4O/c10-7-4-11-9(12-5-7)13-3-1-2-8(13)6-14/h4-5,8,14H,1-3,6,10H2. The van der Waals surface area contributed by atoms with Gasteiger partial charge in [-0.25, -0.2) is 9.97 Å². The van der Waals surface area contributed by atoms with E-state index in [1.54, 1.807) is 12.4 Å². The van der Waals surface area contributed by atoms with Crippen molar-refractivity contribution in [3.05, 3.63) is 12.4 Å². The Balaban J connectivity index is 2.17. The Hall–Kier alpha value is -1.36. The summed E-state index contributed by atoms with van der Waals surface area (Å²) in [6.07, 6.45) is 5.27. The molecule has 0 bridgehead atoms. The molecular formula is C9H14N4O. The summed E-state index contributed by atoms with van der Waals surface area (Å²) >= 11 is 0. The van der Waals surface area contributed by atoms with Gasteiger partial charge in [-0.1, -0.05) is 0 Å². The van der Waals surface area contributed by atoms with E-state index in [1.165, 1.54) is 0 Å². The second kappa shape index (κ2) is 3.79. The summed E-state index contributed by atoms with van der Waals surface area (Å²) in [5, 5.41) is 9.13. The lowest BCUT2D eigenvalue weighted by Gasteiger charge is -2.22. The van der Waals surface area contributed by atoms with Crippen LogP contribution in [0, 0.1) is 0 Å². The van der Waals surface area contributed by atoms with Gasteiger partial charge in [0.2, 0.25) is 5.95 Å². The zero-order chi connectivity index (χ0) is 9.97. The monoisotopic (exact) mass is 194 g/mol. The van der Waals surface area contributed by atoms with Gasteiger partial charge in [0.15, 0.2) is 0 Å². The number of nitrogens with zero attached hydrogens (tertiary/aromatic N) is 3. The molecule has 1 aromatic rings. The van der Waals surface area contributed by atoms with Crippen LogP contribution in [0.15, 0.2) is 12.4 Å². The smallest absolute Gasteiger partial charge is 0.225 e. The number of aliphatic hydroxyl groups excluding tert-OH is 1. The molecule has 1 aliphatic rings. The van der Waals surface area contributed by atoms with Crippen molar-refractivity contribution in [2.75, 3.05) is 23.8 Å². The Labute approximate surface area is 82.6 Å². The van der Waals surface area contributed by atoms with Crippen LogP contribution in [0.2, 0.25) is 0 Å². The van der Waals surface area contributed by atoms with Gasteiger partial charge in [0.1, 0.15) is 0 Å². The van der Waals surface area contributed by atoms with Crippen LogP contribution in [0.3, 0.4) is 0 Å². The topological polar surface area (TPSA) is 75.3 Å². The molecule has 2 rings (SSSR count). The molecule has 0 aromatic carbocycles. The van der Waals surface area contributed by atoms with Crippen LogP contribution in [0.4, 0.5) is 11.6 Å². The fourth-order valence-corrected chi connectivity index (χ4v) is 1.77. The summed E-state index contributed by atoms with van der Waals surface area (Å²) in [6, 6.07) is 0.165. The summed E-state index contributed by atoms with van der Waals surface area (Å²) in [6.45, 7) is 1.07. The SMILES string of the molecule is Nc1cnc(N2CCCC2CO)nc1. The maximum atomic E-state index is 9.13. The second-order valence-corrected chi connectivity index (χ2v) is 3.49. The summed E-state index contributed by atoms with van der Waals surface area (Å²) in [5.74, 6) is 0.663. The largest absolute Gasteiger partial charge is 0.396 e. The van der Waals surface area contributed by atoms with Crippen molar-refractivity contribution in [2.45, 2.75) is 18.9 Å². The highest BCUT2D eigenvalue weighted by Crippen LogP contribution is 2.21. The Kier molecular flexibility index (Phi) is 2.49. The first-order valence-corrected chi connectivity index (χ1v) is 4.76. The lowest BCUT2D eigenvalue weighted by atomic mass is 10.2. The fourth-order valence-electron chi connectivity index (χ4n) is 1.77. The van der Waals surface area contributed by atoms with Gasteiger partial charge in [0.25, 0.3) is 0 Å². The van der Waals surface area contributed by atoms with Crippen LogP contribution >= 0.6 is 0 Å². The van der Waals surface area contributed by atoms with Crippen LogP contribution in [0.25, 0.3) is 0 Å². The first kappa shape index (κ1) is 9.21. The van der Waals surface area contributed by atoms with E-state index in [9.17, 15) is 0 Å². The third kappa shape index (κ3) is 1.63. The Morgan fingerprint density at radius 3 is 2.86 bits per heavy atom. The van der Waals surface area contributed by atoms with Gasteiger partial charge in [-0.15, -0.1) is 0 Å². The van der Waals surface area contributed by atoms with Crippen molar-refractivity contribution < 1.29 is 5.11 Å². The number of aromatic nitrogens is 2. The Morgan fingerprint density at radius 1 is 1.50 bits per heavy atom. The van der Waals surface area contributed by atoms with Crippen molar-refractivity contribution in [3.8, 4) is 0 Å². The number of aliphatic hydroxyl groups is 1. The van der Waals surface area contributed by atoms with Gasteiger partial charge < -0.3 is 15.7 Å². The van der Waals surface area contributed by atoms with Gasteiger partial charge >= 0.3 is 0 Å². The number of hydrogen-bond acceptors (Lipinski definition) is 5. The van der Waals surface area contributed by atoms with E-state index in [4.69, 9.17) is 10.8 Å². The van der Waals surface area contributed by atoms with Gasteiger partial charge in [-0.2, -0.15) is 0 Å². The summed E-state index contributed by atoms with van der Waals surface area (Å²) in [5.41, 5.74) is 6.06. The van der Waals surface area contributed by atoms with E-state index in [2.05, 4.69) is 9.97 Å². The Bertz CT molecular complexity index is 300. The average molecular weight is 194 g/mol. The maximum Gasteiger partial charge on any atom is 0.225 e. The molecule has 1 aliphatic heterocycles. The molecule has 0 amide bonds. The predicted octanol–water partition coefficient (Wildman–Crippen LogP) is 0.0199. The molecule has 76 valence electrons. The molecule has 1 unspecified atom stereocenters. The minimum atomic E-state index is 0.160. The fraction of sp³-hybridized carbons (Fsp3) is 0.556. The van der Waals surface area contributed by atoms with Gasteiger partial charge in [-0.3, -0.25) is 0 Å². The van der Waals surface area contributed by atoms with Crippen molar-refractivity contribution in [1.82, 2.24) is 9.97 Å². The van der Waals surface area contributed by atoms with Crippen LogP contribution in [0.1, 0.15) is 12.8 Å². The first-order chi connectivity index (χ1) is 6.81. The summed E-state index contributed by atoms with van der Waals surface area (Å²) in [4.78, 5) is 10.3. The molecule has 3 N–H and O–H groups in total. The normalized spacial score (nSPS) is 21.5. The molecule has 14 heavy (non-hydrogen) atoms. The van der Waals surface area contributed by atoms with Crippen molar-refractivity contribution in [1.29, 1.82) is 0 Å². The number of hydrogen-bond donors (Lipinski definition) is 2. The molecule has 0 spiro atoms. The molecular weight excluding hydrogens is 180 g/mol. The van der Waals surface area contributed by atoms with Crippen molar-refractivity contribution >= 4 is 11.6 Å². The first-order valence-electron chi connectivity index (χ1n) is 4.76. The lowest BCUT2D eigenvalue weighted by Crippen LogP contribution is -2.33. The zero-order valence-electron chi connectivity index (χ0n) is 7.93. The number of rotatable bonds is 2. The van der Waals surface area contributed by atoms with Gasteiger partial charge in [0, 0.05) is 6.54 Å². The zero-order valence-corrected chi connectivity index (χ0v) is 7.93. The highest BCUT2D eigenvalue weighted by atomic mass is 16.3. The van der Waals surface area contributed by atoms with Crippen LogP contribution < -0.4 is 10.6 Å². The quantitative estimate of drug-likeness (QED) is 0.694. The van der Waals surface area contributed by atoms with E-state index in [0.29, 0.717) is 11.6 Å². The minimum Gasteiger partial charge on any atom is -0.396 e. The minimum absolute atomic E-state index is 0.160. The Morgan fingerprint density at radius 2 is 2.21 bits per heavy atom. The van der Waals surface area contributed by atoms with Crippen molar-refractivity contribution in [2.24, 2.45) is 0 Å². The third-order valence-electron chi connectivity index (χ3n) is 2.50. The molecule has 5 nitrogen and oxygen atoms in total. The van der Waals surface area contributed by atoms with E-state index < -0.39 is 0 Å². The van der Waals surface area contributed by atoms with Crippen LogP contribution in [-0.4, -0.2) is 34.3 Å². The number of nitrogens with two attached hydrogens (primary N) is 1. The van der Waals surface area contributed by atoms with Crippen molar-refractivity contribution in [3.63, 3.8) is 0 Å². The highest BCUT2D eigenvalue weighted by molar-refractivity contribution is 5.39. The lowest BCUT2D eigenvalue weighted by molar-refractivity contribution is 0.265. The molecule has 1 fully saturated rings. The van der Waals surface area contributed by atoms with E-state index in [-0.39, 0.29) is 12.6 Å². The third-order valence-corrected chi connectivity index (χ3v) is 2.50. The molecule has 0 aliphatic carbocycles. The molecule has 1 saturated heterocycles. The molecule has 2 heterocycles. The van der Waals surface area contributed by atoms with Gasteiger partial charge in [0.05, 0.1) is 30.7 Å². The summed E-state index contributed by atoms with van der Waals surface area (Å²) in [7, 11) is 0. The van der Waals surface area contributed by atoms with Crippen LogP contribution in [-0.2, 0) is 0 Å². The second-order valence-electron chi connectivity index (χ2n) is 3.49. The van der Waals surface area contributed by atoms with Crippen LogP contribution in [0.5, 0.6) is 0 Å². The van der Waals surface area contributed by atoms with Gasteiger partial charge in [-0.05, 0) is 12.8 Å². The molecule has 5 heteroatoms. The molecule has 0 radical (unpaired) electrons. The van der Waals surface area contributed by atoms with E-state index in [0.717, 1.165) is 19.4 Å². The average Bonchev–Trinajstić information content (AvgIpc) is 2.67. The number of anilines is 2. The van der Waals surface area contributed by atoms with E-state index in [1.807, 2.05) is 4.90 Å². The number of nitrogen functional groups attached to an aromatic ring is 1. The molecule has 1 aromatic heterocycles.